The molecular formula is C16H24ClN3O2. The smallest absolute Gasteiger partial charge is 0.238 e. The largest absolute Gasteiger partial charge is 0.494 e. The summed E-state index contributed by atoms with van der Waals surface area (Å²) >= 11 is 0. The molecular weight excluding hydrogens is 302 g/mol. The number of nitrogens with one attached hydrogen (secondary N) is 2. The summed E-state index contributed by atoms with van der Waals surface area (Å²) in [6.45, 7) is 7.36. The van der Waals surface area contributed by atoms with Crippen molar-refractivity contribution >= 4 is 24.0 Å². The fourth-order valence-electron chi connectivity index (χ4n) is 3.29. The maximum Gasteiger partial charge on any atom is 0.238 e. The third-order valence-electron chi connectivity index (χ3n) is 4.28. The molecule has 2 atom stereocenters. The lowest BCUT2D eigenvalue weighted by Gasteiger charge is -2.16. The molecule has 2 heterocycles. The molecule has 0 saturated carbocycles. The number of carbonyl (C=O) groups excluding carboxylic acids is 1. The van der Waals surface area contributed by atoms with Crippen LogP contribution in [0.15, 0.2) is 24.3 Å². The number of hydrogen-bond donors (Lipinski definition) is 2. The van der Waals surface area contributed by atoms with E-state index in [-0.39, 0.29) is 18.3 Å². The number of amides is 1. The molecule has 22 heavy (non-hydrogen) atoms. The van der Waals surface area contributed by atoms with E-state index in [9.17, 15) is 4.79 Å². The van der Waals surface area contributed by atoms with Crippen molar-refractivity contribution in [3.63, 3.8) is 0 Å². The van der Waals surface area contributed by atoms with Crippen molar-refractivity contribution in [1.29, 1.82) is 0 Å². The van der Waals surface area contributed by atoms with Gasteiger partial charge < -0.3 is 15.4 Å². The second-order valence-corrected chi connectivity index (χ2v) is 5.88. The predicted octanol–water partition coefficient (Wildman–Crippen LogP) is 1.60. The van der Waals surface area contributed by atoms with Crippen LogP contribution in [0.4, 0.5) is 5.69 Å². The first-order valence-corrected chi connectivity index (χ1v) is 7.70. The summed E-state index contributed by atoms with van der Waals surface area (Å²) in [5.41, 5.74) is 0.824. The Morgan fingerprint density at radius 1 is 1.27 bits per heavy atom. The van der Waals surface area contributed by atoms with Crippen LogP contribution in [-0.2, 0) is 4.79 Å². The van der Waals surface area contributed by atoms with E-state index in [0.29, 0.717) is 13.2 Å². The van der Waals surface area contributed by atoms with Crippen LogP contribution in [0, 0.1) is 11.8 Å². The van der Waals surface area contributed by atoms with Gasteiger partial charge >= 0.3 is 0 Å². The highest BCUT2D eigenvalue weighted by Gasteiger charge is 2.36. The van der Waals surface area contributed by atoms with Crippen LogP contribution < -0.4 is 15.4 Å². The number of benzene rings is 1. The molecule has 2 fully saturated rings. The minimum atomic E-state index is 0. The van der Waals surface area contributed by atoms with Gasteiger partial charge in [-0.1, -0.05) is 0 Å². The van der Waals surface area contributed by atoms with Crippen molar-refractivity contribution in [2.24, 2.45) is 11.8 Å². The van der Waals surface area contributed by atoms with Crippen molar-refractivity contribution in [3.05, 3.63) is 24.3 Å². The molecule has 6 heteroatoms. The third-order valence-corrected chi connectivity index (χ3v) is 4.28. The molecule has 1 amide bonds. The maximum absolute atomic E-state index is 12.1. The summed E-state index contributed by atoms with van der Waals surface area (Å²) in [6.07, 6.45) is 0. The Balaban J connectivity index is 0.00000176. The van der Waals surface area contributed by atoms with E-state index in [0.717, 1.165) is 49.5 Å². The molecule has 2 aliphatic rings. The molecule has 0 aliphatic carbocycles. The minimum Gasteiger partial charge on any atom is -0.494 e. The van der Waals surface area contributed by atoms with Crippen LogP contribution in [0.2, 0.25) is 0 Å². The van der Waals surface area contributed by atoms with Crippen LogP contribution in [0.25, 0.3) is 0 Å². The van der Waals surface area contributed by atoms with Crippen molar-refractivity contribution in [2.75, 3.05) is 44.6 Å². The van der Waals surface area contributed by atoms with Crippen molar-refractivity contribution in [1.82, 2.24) is 10.2 Å². The van der Waals surface area contributed by atoms with Gasteiger partial charge in [-0.15, -0.1) is 12.4 Å². The van der Waals surface area contributed by atoms with E-state index in [4.69, 9.17) is 4.74 Å². The Labute approximate surface area is 137 Å². The Hall–Kier alpha value is -1.30. The molecule has 0 radical (unpaired) electrons. The monoisotopic (exact) mass is 325 g/mol. The number of anilines is 1. The summed E-state index contributed by atoms with van der Waals surface area (Å²) in [6, 6.07) is 7.52. The first-order chi connectivity index (χ1) is 10.2. The number of hydrogen-bond acceptors (Lipinski definition) is 4. The standard InChI is InChI=1S/C16H23N3O2.ClH/c1-2-21-15-5-3-14(4-6-15)18-16(20)11-19-9-12-7-17-8-13(12)10-19;/h3-6,12-13,17H,2,7-11H2,1H3,(H,18,20);1H/t12-,13+;. The van der Waals surface area contributed by atoms with Gasteiger partial charge in [-0.3, -0.25) is 9.69 Å². The highest BCUT2D eigenvalue weighted by molar-refractivity contribution is 5.92. The van der Waals surface area contributed by atoms with Gasteiger partial charge in [-0.2, -0.15) is 0 Å². The minimum absolute atomic E-state index is 0. The van der Waals surface area contributed by atoms with Gasteiger partial charge in [-0.25, -0.2) is 0 Å². The molecule has 0 unspecified atom stereocenters. The second kappa shape index (κ2) is 7.81. The summed E-state index contributed by atoms with van der Waals surface area (Å²) in [5, 5.41) is 6.37. The third kappa shape index (κ3) is 4.12. The topological polar surface area (TPSA) is 53.6 Å². The Bertz CT molecular complexity index is 483. The average Bonchev–Trinajstić information content (AvgIpc) is 3.02. The molecule has 1 aromatic carbocycles. The van der Waals surface area contributed by atoms with Crippen LogP contribution >= 0.6 is 12.4 Å². The SMILES string of the molecule is CCOc1ccc(NC(=O)CN2C[C@H]3CNC[C@H]3C2)cc1.Cl. The maximum atomic E-state index is 12.1. The number of likely N-dealkylation sites (tertiary alicyclic amines) is 1. The highest BCUT2D eigenvalue weighted by atomic mass is 35.5. The average molecular weight is 326 g/mol. The molecule has 5 nitrogen and oxygen atoms in total. The Kier molecular flexibility index (Phi) is 6.06. The summed E-state index contributed by atoms with van der Waals surface area (Å²) < 4.78 is 5.39. The van der Waals surface area contributed by atoms with Crippen LogP contribution in [-0.4, -0.2) is 50.1 Å². The number of ether oxygens (including phenoxy) is 1. The molecule has 1 aromatic rings. The van der Waals surface area contributed by atoms with Crippen molar-refractivity contribution < 1.29 is 9.53 Å². The summed E-state index contributed by atoms with van der Waals surface area (Å²) in [5.74, 6) is 2.34. The van der Waals surface area contributed by atoms with Gasteiger partial charge in [0.05, 0.1) is 13.2 Å². The molecule has 0 spiro atoms. The Morgan fingerprint density at radius 3 is 2.50 bits per heavy atom. The number of nitrogens with zero attached hydrogens (tertiary/aromatic N) is 1. The Morgan fingerprint density at radius 2 is 1.91 bits per heavy atom. The van der Waals surface area contributed by atoms with Gasteiger partial charge in [0.25, 0.3) is 0 Å². The molecule has 0 aromatic heterocycles. The number of halogens is 1. The number of rotatable bonds is 5. The second-order valence-electron chi connectivity index (χ2n) is 5.88. The van der Waals surface area contributed by atoms with E-state index in [1.807, 2.05) is 31.2 Å². The van der Waals surface area contributed by atoms with Gasteiger partial charge in [0, 0.05) is 18.8 Å². The zero-order valence-corrected chi connectivity index (χ0v) is 13.7. The van der Waals surface area contributed by atoms with Crippen molar-refractivity contribution in [2.45, 2.75) is 6.92 Å². The summed E-state index contributed by atoms with van der Waals surface area (Å²) in [7, 11) is 0. The van der Waals surface area contributed by atoms with Crippen molar-refractivity contribution in [3.8, 4) is 5.75 Å². The van der Waals surface area contributed by atoms with E-state index in [1.165, 1.54) is 0 Å². The van der Waals surface area contributed by atoms with E-state index in [1.54, 1.807) is 0 Å². The summed E-state index contributed by atoms with van der Waals surface area (Å²) in [4.78, 5) is 14.4. The first kappa shape index (κ1) is 17.1. The fraction of sp³-hybridized carbons (Fsp3) is 0.562. The zero-order valence-electron chi connectivity index (χ0n) is 12.9. The van der Waals surface area contributed by atoms with E-state index < -0.39 is 0 Å². The van der Waals surface area contributed by atoms with E-state index in [2.05, 4.69) is 15.5 Å². The molecule has 2 N–H and O–H groups in total. The fourth-order valence-corrected chi connectivity index (χ4v) is 3.29. The zero-order chi connectivity index (χ0) is 14.7. The normalized spacial score (nSPS) is 23.7. The van der Waals surface area contributed by atoms with Crippen LogP contribution in [0.3, 0.4) is 0 Å². The quantitative estimate of drug-likeness (QED) is 0.863. The molecule has 0 bridgehead atoms. The van der Waals surface area contributed by atoms with Gasteiger partial charge in [0.2, 0.25) is 5.91 Å². The van der Waals surface area contributed by atoms with Gasteiger partial charge in [0.1, 0.15) is 5.75 Å². The molecule has 122 valence electrons. The number of carbonyl (C=O) groups is 1. The predicted molar refractivity (Wildman–Crippen MR) is 89.8 cm³/mol. The van der Waals surface area contributed by atoms with Gasteiger partial charge in [0.15, 0.2) is 0 Å². The lowest BCUT2D eigenvalue weighted by molar-refractivity contribution is -0.117. The van der Waals surface area contributed by atoms with Crippen LogP contribution in [0.1, 0.15) is 6.92 Å². The van der Waals surface area contributed by atoms with Crippen LogP contribution in [0.5, 0.6) is 5.75 Å². The molecule has 2 saturated heterocycles. The number of fused-ring (bicyclic) bond motifs is 1. The lowest BCUT2D eigenvalue weighted by Crippen LogP contribution is -2.33. The van der Waals surface area contributed by atoms with E-state index >= 15 is 0 Å². The lowest BCUT2D eigenvalue weighted by atomic mass is 10.0. The molecule has 3 rings (SSSR count). The highest BCUT2D eigenvalue weighted by Crippen LogP contribution is 2.26. The van der Waals surface area contributed by atoms with Gasteiger partial charge in [-0.05, 0) is 56.1 Å². The molecule has 2 aliphatic heterocycles. The first-order valence-electron chi connectivity index (χ1n) is 7.70.